The smallest absolute Gasteiger partial charge is 0.244 e. The molecule has 1 saturated heterocycles. The van der Waals surface area contributed by atoms with Gasteiger partial charge in [-0.3, -0.25) is 9.69 Å². The molecule has 7 nitrogen and oxygen atoms in total. The highest BCUT2D eigenvalue weighted by molar-refractivity contribution is 7.09. The molecule has 8 heteroatoms. The fourth-order valence-corrected chi connectivity index (χ4v) is 4.47. The van der Waals surface area contributed by atoms with Gasteiger partial charge in [-0.25, -0.2) is 4.98 Å². The first kappa shape index (κ1) is 24.9. The summed E-state index contributed by atoms with van der Waals surface area (Å²) < 4.78 is 16.7. The van der Waals surface area contributed by atoms with Gasteiger partial charge < -0.3 is 19.5 Å². The van der Waals surface area contributed by atoms with Crippen molar-refractivity contribution < 1.29 is 19.0 Å². The van der Waals surface area contributed by atoms with Crippen LogP contribution in [0.2, 0.25) is 0 Å². The summed E-state index contributed by atoms with van der Waals surface area (Å²) in [6, 6.07) is 15.3. The van der Waals surface area contributed by atoms with Gasteiger partial charge in [0.25, 0.3) is 0 Å². The number of aryl methyl sites for hydroxylation is 1. The predicted octanol–water partition coefficient (Wildman–Crippen LogP) is 4.24. The van der Waals surface area contributed by atoms with Gasteiger partial charge in [0, 0.05) is 36.7 Å². The number of carbonyl (C=O) groups excluding carboxylic acids is 1. The normalized spacial score (nSPS) is 15.1. The van der Waals surface area contributed by atoms with Gasteiger partial charge in [0.2, 0.25) is 5.91 Å². The molecule has 0 unspecified atom stereocenters. The summed E-state index contributed by atoms with van der Waals surface area (Å²) in [6.07, 6.45) is 3.35. The summed E-state index contributed by atoms with van der Waals surface area (Å²) >= 11 is 1.60. The van der Waals surface area contributed by atoms with Crippen molar-refractivity contribution in [1.29, 1.82) is 0 Å². The van der Waals surface area contributed by atoms with E-state index >= 15 is 0 Å². The Hall–Kier alpha value is -3.20. The average Bonchev–Trinajstić information content (AvgIpc) is 3.32. The fourth-order valence-electron chi connectivity index (χ4n) is 3.87. The number of amides is 1. The minimum Gasteiger partial charge on any atom is -0.497 e. The summed E-state index contributed by atoms with van der Waals surface area (Å²) in [5.41, 5.74) is 2.76. The molecule has 1 fully saturated rings. The van der Waals surface area contributed by atoms with Crippen molar-refractivity contribution in [2.45, 2.75) is 19.6 Å². The van der Waals surface area contributed by atoms with E-state index in [2.05, 4.69) is 15.2 Å². The van der Waals surface area contributed by atoms with Crippen LogP contribution in [0.5, 0.6) is 11.5 Å². The maximum absolute atomic E-state index is 12.9. The van der Waals surface area contributed by atoms with Crippen LogP contribution in [-0.4, -0.2) is 55.7 Å². The monoisotopic (exact) mass is 493 g/mol. The SMILES string of the molecule is COc1ccc([C@H](CN2CCOCC2)NC(=O)/C=C/c2ccccc2OCc2csc(C)n2)cc1. The number of hydrogen-bond acceptors (Lipinski definition) is 7. The number of benzene rings is 2. The molecule has 35 heavy (non-hydrogen) atoms. The minimum absolute atomic E-state index is 0.157. The highest BCUT2D eigenvalue weighted by Gasteiger charge is 2.20. The third kappa shape index (κ3) is 7.39. The summed E-state index contributed by atoms with van der Waals surface area (Å²) in [5, 5.41) is 6.18. The van der Waals surface area contributed by atoms with Crippen molar-refractivity contribution in [2.75, 3.05) is 40.0 Å². The molecule has 0 spiro atoms. The lowest BCUT2D eigenvalue weighted by molar-refractivity contribution is -0.117. The molecule has 0 aliphatic carbocycles. The third-order valence-electron chi connectivity index (χ3n) is 5.75. The van der Waals surface area contributed by atoms with Gasteiger partial charge in [0.15, 0.2) is 0 Å². The van der Waals surface area contributed by atoms with Crippen molar-refractivity contribution in [1.82, 2.24) is 15.2 Å². The second-order valence-corrected chi connectivity index (χ2v) is 9.33. The Morgan fingerprint density at radius 2 is 1.97 bits per heavy atom. The fraction of sp³-hybridized carbons (Fsp3) is 0.333. The van der Waals surface area contributed by atoms with Crippen LogP contribution < -0.4 is 14.8 Å². The van der Waals surface area contributed by atoms with Crippen LogP contribution >= 0.6 is 11.3 Å². The number of hydrogen-bond donors (Lipinski definition) is 1. The highest BCUT2D eigenvalue weighted by atomic mass is 32.1. The van der Waals surface area contributed by atoms with Crippen molar-refractivity contribution in [3.63, 3.8) is 0 Å². The minimum atomic E-state index is -0.163. The van der Waals surface area contributed by atoms with Crippen molar-refractivity contribution in [3.8, 4) is 11.5 Å². The first-order valence-corrected chi connectivity index (χ1v) is 12.5. The Morgan fingerprint density at radius 1 is 1.20 bits per heavy atom. The van der Waals surface area contributed by atoms with Gasteiger partial charge in [-0.05, 0) is 36.8 Å². The van der Waals surface area contributed by atoms with E-state index in [0.29, 0.717) is 32.1 Å². The first-order valence-electron chi connectivity index (χ1n) is 11.7. The Balaban J connectivity index is 1.43. The lowest BCUT2D eigenvalue weighted by atomic mass is 10.1. The molecule has 1 aromatic heterocycles. The molecule has 0 bridgehead atoms. The number of methoxy groups -OCH3 is 1. The van der Waals surface area contributed by atoms with E-state index in [0.717, 1.165) is 40.7 Å². The first-order chi connectivity index (χ1) is 17.1. The number of rotatable bonds is 10. The van der Waals surface area contributed by atoms with Crippen LogP contribution in [0.3, 0.4) is 0 Å². The number of aromatic nitrogens is 1. The zero-order valence-corrected chi connectivity index (χ0v) is 20.9. The predicted molar refractivity (Wildman–Crippen MR) is 138 cm³/mol. The van der Waals surface area contributed by atoms with Crippen molar-refractivity contribution in [3.05, 3.63) is 81.8 Å². The van der Waals surface area contributed by atoms with E-state index in [9.17, 15) is 4.79 Å². The van der Waals surface area contributed by atoms with Gasteiger partial charge in [0.05, 0.1) is 37.1 Å². The number of nitrogens with one attached hydrogen (secondary N) is 1. The molecule has 1 amide bonds. The quantitative estimate of drug-likeness (QED) is 0.426. The Labute approximate surface area is 210 Å². The van der Waals surface area contributed by atoms with E-state index in [1.165, 1.54) is 0 Å². The van der Waals surface area contributed by atoms with Crippen LogP contribution in [0, 0.1) is 6.92 Å². The molecule has 4 rings (SSSR count). The standard InChI is InChI=1S/C27H31N3O4S/c1-20-28-23(19-35-20)18-34-26-6-4-3-5-22(26)9-12-27(31)29-25(17-30-13-15-33-16-14-30)21-7-10-24(32-2)11-8-21/h3-12,19,25H,13-18H2,1-2H3,(H,29,31)/b12-9+/t25-/m0/s1. The van der Waals surface area contributed by atoms with E-state index in [1.54, 1.807) is 30.6 Å². The topological polar surface area (TPSA) is 72.9 Å². The molecule has 1 atom stereocenters. The van der Waals surface area contributed by atoms with Gasteiger partial charge in [0.1, 0.15) is 18.1 Å². The van der Waals surface area contributed by atoms with Crippen LogP contribution in [0.4, 0.5) is 0 Å². The number of morpholine rings is 1. The molecule has 3 aromatic rings. The Bertz CT molecular complexity index is 1120. The summed E-state index contributed by atoms with van der Waals surface area (Å²) in [6.45, 7) is 6.19. The van der Waals surface area contributed by atoms with Crippen molar-refractivity contribution in [2.24, 2.45) is 0 Å². The van der Waals surface area contributed by atoms with Gasteiger partial charge in [-0.1, -0.05) is 30.3 Å². The molecule has 0 saturated carbocycles. The number of para-hydroxylation sites is 1. The highest BCUT2D eigenvalue weighted by Crippen LogP contribution is 2.22. The molecule has 1 aliphatic heterocycles. The van der Waals surface area contributed by atoms with Crippen LogP contribution in [-0.2, 0) is 16.1 Å². The van der Waals surface area contributed by atoms with Crippen LogP contribution in [0.15, 0.2) is 60.0 Å². The van der Waals surface area contributed by atoms with E-state index in [-0.39, 0.29) is 11.9 Å². The summed E-state index contributed by atoms with van der Waals surface area (Å²) in [5.74, 6) is 1.33. The second kappa shape index (κ2) is 12.5. The zero-order valence-electron chi connectivity index (χ0n) is 20.1. The molecule has 1 N–H and O–H groups in total. The van der Waals surface area contributed by atoms with Crippen LogP contribution in [0.1, 0.15) is 27.9 Å². The van der Waals surface area contributed by atoms with Gasteiger partial charge in [-0.15, -0.1) is 11.3 Å². The lowest BCUT2D eigenvalue weighted by Gasteiger charge is -2.31. The summed E-state index contributed by atoms with van der Waals surface area (Å²) in [7, 11) is 1.65. The molecule has 0 radical (unpaired) electrons. The molecule has 2 aromatic carbocycles. The molecular formula is C27H31N3O4S. The van der Waals surface area contributed by atoms with Crippen molar-refractivity contribution >= 4 is 23.3 Å². The number of nitrogens with zero attached hydrogens (tertiary/aromatic N) is 2. The zero-order chi connectivity index (χ0) is 24.5. The lowest BCUT2D eigenvalue weighted by Crippen LogP contribution is -2.42. The number of ether oxygens (including phenoxy) is 3. The maximum Gasteiger partial charge on any atom is 0.244 e. The van der Waals surface area contributed by atoms with E-state index < -0.39 is 0 Å². The maximum atomic E-state index is 12.9. The molecule has 1 aliphatic rings. The molecule has 2 heterocycles. The van der Waals surface area contributed by atoms with E-state index in [4.69, 9.17) is 14.2 Å². The largest absolute Gasteiger partial charge is 0.497 e. The third-order valence-corrected chi connectivity index (χ3v) is 6.58. The molecule has 184 valence electrons. The number of carbonyl (C=O) groups is 1. The Kier molecular flexibility index (Phi) is 8.89. The Morgan fingerprint density at radius 3 is 2.69 bits per heavy atom. The van der Waals surface area contributed by atoms with Gasteiger partial charge >= 0.3 is 0 Å². The van der Waals surface area contributed by atoms with Crippen LogP contribution in [0.25, 0.3) is 6.08 Å². The average molecular weight is 494 g/mol. The second-order valence-electron chi connectivity index (χ2n) is 8.27. The van der Waals surface area contributed by atoms with Gasteiger partial charge in [-0.2, -0.15) is 0 Å². The summed E-state index contributed by atoms with van der Waals surface area (Å²) in [4.78, 5) is 19.7. The van der Waals surface area contributed by atoms with E-state index in [1.807, 2.05) is 60.8 Å². The number of thiazole rings is 1. The molecular weight excluding hydrogens is 462 g/mol.